The molecule has 14 heavy (non-hydrogen) atoms. The number of aromatic nitrogens is 1. The molecule has 0 saturated carbocycles. The molecule has 1 aromatic heterocycles. The Kier molecular flexibility index (Phi) is 2.45. The molecular weight excluding hydrogens is 174 g/mol. The third-order valence-corrected chi connectivity index (χ3v) is 1.94. The van der Waals surface area contributed by atoms with E-state index < -0.39 is 0 Å². The Labute approximate surface area is 83.2 Å². The minimum Gasteiger partial charge on any atom is -0.439 e. The fourth-order valence-electron chi connectivity index (χ4n) is 1.27. The molecule has 0 amide bonds. The van der Waals surface area contributed by atoms with Gasteiger partial charge in [0.25, 0.3) is 0 Å². The van der Waals surface area contributed by atoms with Crippen LogP contribution in [0.25, 0.3) is 0 Å². The molecule has 2 rings (SSSR count). The minimum atomic E-state index is 0.608. The van der Waals surface area contributed by atoms with Crippen molar-refractivity contribution >= 4 is 0 Å². The maximum atomic E-state index is 5.48. The number of allylic oxidation sites excluding steroid dienone is 4. The monoisotopic (exact) mass is 185 g/mol. The van der Waals surface area contributed by atoms with E-state index in [0.29, 0.717) is 11.6 Å². The van der Waals surface area contributed by atoms with Crippen molar-refractivity contribution in [2.24, 2.45) is 0 Å². The van der Waals surface area contributed by atoms with Crippen molar-refractivity contribution in [3.05, 3.63) is 60.5 Å². The lowest BCUT2D eigenvalue weighted by Crippen LogP contribution is -1.96. The molecule has 0 unspecified atom stereocenters. The second-order valence-electron chi connectivity index (χ2n) is 3.03. The van der Waals surface area contributed by atoms with Gasteiger partial charge in [0.2, 0.25) is 5.88 Å². The highest BCUT2D eigenvalue weighted by atomic mass is 16.5. The van der Waals surface area contributed by atoms with Crippen molar-refractivity contribution in [2.45, 2.75) is 6.42 Å². The van der Waals surface area contributed by atoms with E-state index in [0.717, 1.165) is 12.0 Å². The van der Waals surface area contributed by atoms with Crippen LogP contribution in [-0.4, -0.2) is 4.98 Å². The lowest BCUT2D eigenvalue weighted by atomic mass is 10.2. The van der Waals surface area contributed by atoms with Crippen LogP contribution in [0.2, 0.25) is 0 Å². The second kappa shape index (κ2) is 3.92. The number of hydrogen-bond donors (Lipinski definition) is 0. The zero-order chi connectivity index (χ0) is 9.80. The molecular formula is C12H11NO. The van der Waals surface area contributed by atoms with E-state index in [1.165, 1.54) is 0 Å². The van der Waals surface area contributed by atoms with Crippen LogP contribution in [0, 0.1) is 0 Å². The fourth-order valence-corrected chi connectivity index (χ4v) is 1.27. The second-order valence-corrected chi connectivity index (χ2v) is 3.03. The van der Waals surface area contributed by atoms with Crippen molar-refractivity contribution in [3.8, 4) is 5.88 Å². The van der Waals surface area contributed by atoms with E-state index in [4.69, 9.17) is 4.74 Å². The molecule has 0 atom stereocenters. The van der Waals surface area contributed by atoms with Gasteiger partial charge in [0.1, 0.15) is 5.76 Å². The molecule has 2 heteroatoms. The molecule has 70 valence electrons. The quantitative estimate of drug-likeness (QED) is 0.620. The highest BCUT2D eigenvalue weighted by Gasteiger charge is 2.04. The molecule has 0 spiro atoms. The summed E-state index contributed by atoms with van der Waals surface area (Å²) in [6, 6.07) is 3.91. The third-order valence-electron chi connectivity index (χ3n) is 1.94. The summed E-state index contributed by atoms with van der Waals surface area (Å²) in [7, 11) is 0. The summed E-state index contributed by atoms with van der Waals surface area (Å²) in [4.78, 5) is 4.16. The summed E-state index contributed by atoms with van der Waals surface area (Å²) >= 11 is 0. The molecule has 1 aliphatic heterocycles. The lowest BCUT2D eigenvalue weighted by molar-refractivity contribution is 0.424. The summed E-state index contributed by atoms with van der Waals surface area (Å²) in [6.45, 7) is 3.77. The van der Waals surface area contributed by atoms with E-state index in [9.17, 15) is 0 Å². The summed E-state index contributed by atoms with van der Waals surface area (Å²) in [6.07, 6.45) is 10.3. The summed E-state index contributed by atoms with van der Waals surface area (Å²) in [5, 5.41) is 0. The molecule has 0 N–H and O–H groups in total. The number of rotatable bonds is 0. The van der Waals surface area contributed by atoms with E-state index in [-0.39, 0.29) is 0 Å². The van der Waals surface area contributed by atoms with Crippen LogP contribution >= 0.6 is 0 Å². The Hall–Kier alpha value is -1.83. The molecule has 0 fully saturated rings. The van der Waals surface area contributed by atoms with Crippen molar-refractivity contribution in [1.82, 2.24) is 4.98 Å². The van der Waals surface area contributed by atoms with Gasteiger partial charge in [0, 0.05) is 11.8 Å². The zero-order valence-electron chi connectivity index (χ0n) is 7.81. The predicted molar refractivity (Wildman–Crippen MR) is 56.0 cm³/mol. The number of hydrogen-bond acceptors (Lipinski definition) is 2. The Bertz CT molecular complexity index is 405. The highest BCUT2D eigenvalue weighted by Crippen LogP contribution is 2.18. The Morgan fingerprint density at radius 2 is 2.29 bits per heavy atom. The summed E-state index contributed by atoms with van der Waals surface area (Å²) in [5.74, 6) is 1.25. The maximum absolute atomic E-state index is 5.48. The first kappa shape index (κ1) is 8.75. The highest BCUT2D eigenvalue weighted by molar-refractivity contribution is 5.32. The number of nitrogens with zero attached hydrogens (tertiary/aromatic N) is 1. The lowest BCUT2D eigenvalue weighted by Gasteiger charge is -2.06. The predicted octanol–water partition coefficient (Wildman–Crippen LogP) is 2.64. The van der Waals surface area contributed by atoms with E-state index in [2.05, 4.69) is 17.6 Å². The van der Waals surface area contributed by atoms with Crippen LogP contribution in [0.3, 0.4) is 0 Å². The normalized spacial score (nSPS) is 19.6. The first-order valence-electron chi connectivity index (χ1n) is 4.50. The molecule has 0 bridgehead atoms. The van der Waals surface area contributed by atoms with Crippen molar-refractivity contribution < 1.29 is 4.74 Å². The SMILES string of the molecule is C=C1/C=C\C=C/Cc2cccnc2O1. The van der Waals surface area contributed by atoms with Gasteiger partial charge in [-0.2, -0.15) is 0 Å². The molecule has 1 aromatic rings. The Balaban J connectivity index is 2.39. The van der Waals surface area contributed by atoms with Gasteiger partial charge >= 0.3 is 0 Å². The smallest absolute Gasteiger partial charge is 0.222 e. The van der Waals surface area contributed by atoms with Crippen LogP contribution in [-0.2, 0) is 6.42 Å². The number of fused-ring (bicyclic) bond motifs is 1. The van der Waals surface area contributed by atoms with Crippen LogP contribution in [0.4, 0.5) is 0 Å². The van der Waals surface area contributed by atoms with Gasteiger partial charge in [-0.05, 0) is 18.6 Å². The van der Waals surface area contributed by atoms with E-state index in [1.54, 1.807) is 6.20 Å². The first-order valence-corrected chi connectivity index (χ1v) is 4.50. The zero-order valence-corrected chi connectivity index (χ0v) is 7.81. The van der Waals surface area contributed by atoms with Gasteiger partial charge in [-0.15, -0.1) is 0 Å². The van der Waals surface area contributed by atoms with Crippen LogP contribution in [0.5, 0.6) is 5.88 Å². The standard InChI is InChI=1S/C12H11NO/c1-10-6-3-2-4-7-11-8-5-9-13-12(11)14-10/h2-6,8-9H,1,7H2/b4-2-,6-3-. The van der Waals surface area contributed by atoms with E-state index in [1.807, 2.05) is 30.4 Å². The number of pyridine rings is 1. The molecule has 2 heterocycles. The average molecular weight is 185 g/mol. The topological polar surface area (TPSA) is 22.1 Å². The largest absolute Gasteiger partial charge is 0.439 e. The third kappa shape index (κ3) is 1.91. The van der Waals surface area contributed by atoms with Gasteiger partial charge in [-0.3, -0.25) is 0 Å². The van der Waals surface area contributed by atoms with E-state index >= 15 is 0 Å². The van der Waals surface area contributed by atoms with Gasteiger partial charge < -0.3 is 4.74 Å². The van der Waals surface area contributed by atoms with Gasteiger partial charge in [-0.25, -0.2) is 4.98 Å². The van der Waals surface area contributed by atoms with Gasteiger partial charge in [0.15, 0.2) is 0 Å². The summed E-state index contributed by atoms with van der Waals surface area (Å²) in [5.41, 5.74) is 1.08. The van der Waals surface area contributed by atoms with Crippen LogP contribution in [0.1, 0.15) is 5.56 Å². The molecule has 1 aliphatic rings. The number of ether oxygens (including phenoxy) is 1. The first-order chi connectivity index (χ1) is 6.86. The molecule has 2 nitrogen and oxygen atoms in total. The van der Waals surface area contributed by atoms with Crippen LogP contribution < -0.4 is 4.74 Å². The molecule has 0 saturated heterocycles. The maximum Gasteiger partial charge on any atom is 0.222 e. The Morgan fingerprint density at radius 3 is 3.21 bits per heavy atom. The van der Waals surface area contributed by atoms with Gasteiger partial charge in [-0.1, -0.05) is 30.9 Å². The Morgan fingerprint density at radius 1 is 1.36 bits per heavy atom. The molecule has 0 aliphatic carbocycles. The van der Waals surface area contributed by atoms with Crippen molar-refractivity contribution in [1.29, 1.82) is 0 Å². The van der Waals surface area contributed by atoms with Crippen molar-refractivity contribution in [3.63, 3.8) is 0 Å². The average Bonchev–Trinajstić information content (AvgIpc) is 2.27. The summed E-state index contributed by atoms with van der Waals surface area (Å²) < 4.78 is 5.48. The van der Waals surface area contributed by atoms with Gasteiger partial charge in [0.05, 0.1) is 0 Å². The molecule has 0 radical (unpaired) electrons. The van der Waals surface area contributed by atoms with Crippen LogP contribution in [0.15, 0.2) is 55.0 Å². The fraction of sp³-hybridized carbons (Fsp3) is 0.0833. The van der Waals surface area contributed by atoms with Crippen molar-refractivity contribution in [2.75, 3.05) is 0 Å². The molecule has 0 aromatic carbocycles. The minimum absolute atomic E-state index is 0.608.